The molecule has 0 radical (unpaired) electrons. The monoisotopic (exact) mass is 281 g/mol. The third-order valence-electron chi connectivity index (χ3n) is 4.44. The molecule has 1 aromatic carbocycles. The van der Waals surface area contributed by atoms with Crippen LogP contribution in [0.4, 0.5) is 0 Å². The Bertz CT molecular complexity index is 347. The van der Waals surface area contributed by atoms with Gasteiger partial charge in [0.15, 0.2) is 0 Å². The van der Waals surface area contributed by atoms with E-state index in [4.69, 9.17) is 4.74 Å². The molecule has 0 spiro atoms. The van der Waals surface area contributed by atoms with Crippen molar-refractivity contribution in [3.63, 3.8) is 0 Å². The summed E-state index contributed by atoms with van der Waals surface area (Å²) in [5, 5.41) is 3.46. The van der Waals surface area contributed by atoms with E-state index in [1.165, 1.54) is 38.8 Å². The molecule has 0 unspecified atom stereocenters. The van der Waals surface area contributed by atoms with Crippen molar-refractivity contribution in [1.82, 2.24) is 5.32 Å². The van der Waals surface area contributed by atoms with E-state index in [0.717, 1.165) is 25.0 Å². The van der Waals surface area contributed by atoms with Crippen LogP contribution in [0.2, 0.25) is 0 Å². The van der Waals surface area contributed by atoms with Gasteiger partial charge in [-0.05, 0) is 61.7 Å². The number of piperidine rings is 1. The largest absolute Gasteiger partial charge is 0.381 e. The van der Waals surface area contributed by atoms with Gasteiger partial charge in [0.05, 0.1) is 0 Å². The predicted octanol–water partition coefficient (Wildman–Crippen LogP) is 3.47. The minimum absolute atomic E-state index is 0. The Hall–Kier alpha value is -0.570. The van der Waals surface area contributed by atoms with Crippen LogP contribution in [0.15, 0.2) is 24.3 Å². The Balaban J connectivity index is 0.00000133. The second-order valence-corrected chi connectivity index (χ2v) is 5.54. The van der Waals surface area contributed by atoms with Crippen LogP contribution in [0.25, 0.3) is 0 Å². The smallest absolute Gasteiger partial charge is 0.0471 e. The van der Waals surface area contributed by atoms with Gasteiger partial charge in [0.2, 0.25) is 0 Å². The van der Waals surface area contributed by atoms with Crippen molar-refractivity contribution in [2.45, 2.75) is 37.5 Å². The highest BCUT2D eigenvalue weighted by Crippen LogP contribution is 2.35. The lowest BCUT2D eigenvalue weighted by atomic mass is 9.81. The molecule has 2 fully saturated rings. The van der Waals surface area contributed by atoms with Crippen LogP contribution < -0.4 is 5.32 Å². The van der Waals surface area contributed by atoms with Gasteiger partial charge in [-0.1, -0.05) is 24.3 Å². The highest BCUT2D eigenvalue weighted by atomic mass is 35.5. The summed E-state index contributed by atoms with van der Waals surface area (Å²) in [5.41, 5.74) is 3.22. The molecule has 0 aromatic heterocycles. The first-order valence-electron chi connectivity index (χ1n) is 7.32. The molecule has 2 heterocycles. The van der Waals surface area contributed by atoms with Crippen LogP contribution in [0, 0.1) is 0 Å². The van der Waals surface area contributed by atoms with Crippen molar-refractivity contribution in [2.75, 3.05) is 26.3 Å². The third-order valence-corrected chi connectivity index (χ3v) is 4.44. The molecule has 0 saturated carbocycles. The zero-order chi connectivity index (χ0) is 12.2. The molecule has 3 rings (SSSR count). The average molecular weight is 282 g/mol. The first-order valence-corrected chi connectivity index (χ1v) is 7.32. The molecule has 2 aliphatic rings. The quantitative estimate of drug-likeness (QED) is 0.896. The van der Waals surface area contributed by atoms with E-state index in [9.17, 15) is 0 Å². The van der Waals surface area contributed by atoms with Crippen LogP contribution >= 0.6 is 12.4 Å². The maximum atomic E-state index is 5.50. The number of nitrogens with one attached hydrogen (secondary N) is 1. The van der Waals surface area contributed by atoms with Gasteiger partial charge < -0.3 is 10.1 Å². The Morgan fingerprint density at radius 1 is 0.842 bits per heavy atom. The van der Waals surface area contributed by atoms with Crippen LogP contribution in [-0.2, 0) is 4.74 Å². The molecule has 2 aliphatic heterocycles. The Labute approximate surface area is 122 Å². The first-order chi connectivity index (χ1) is 8.95. The van der Waals surface area contributed by atoms with Crippen molar-refractivity contribution >= 4 is 12.4 Å². The number of ether oxygens (including phenoxy) is 1. The summed E-state index contributed by atoms with van der Waals surface area (Å²) < 4.78 is 5.50. The van der Waals surface area contributed by atoms with Crippen LogP contribution in [0.3, 0.4) is 0 Å². The third kappa shape index (κ3) is 3.50. The molecule has 1 aromatic rings. The summed E-state index contributed by atoms with van der Waals surface area (Å²) in [7, 11) is 0. The van der Waals surface area contributed by atoms with E-state index in [0.29, 0.717) is 0 Å². The van der Waals surface area contributed by atoms with Gasteiger partial charge in [-0.25, -0.2) is 0 Å². The summed E-state index contributed by atoms with van der Waals surface area (Å²) in [5.74, 6) is 1.50. The van der Waals surface area contributed by atoms with Gasteiger partial charge in [0.1, 0.15) is 0 Å². The number of hydrogen-bond donors (Lipinski definition) is 1. The van der Waals surface area contributed by atoms with E-state index < -0.39 is 0 Å². The zero-order valence-corrected chi connectivity index (χ0v) is 12.3. The van der Waals surface area contributed by atoms with Gasteiger partial charge in [0.25, 0.3) is 0 Å². The summed E-state index contributed by atoms with van der Waals surface area (Å²) in [6.07, 6.45) is 4.98. The van der Waals surface area contributed by atoms with Gasteiger partial charge >= 0.3 is 0 Å². The minimum Gasteiger partial charge on any atom is -0.381 e. The standard InChI is InChI=1S/C16H23NO.ClH/c1-2-4-16(14-7-11-18-12-8-14)15(3-1)13-5-9-17-10-6-13;/h1-4,13-14,17H,5-12H2;1H. The van der Waals surface area contributed by atoms with Gasteiger partial charge in [-0.15, -0.1) is 12.4 Å². The Kier molecular flexibility index (Phi) is 5.68. The number of hydrogen-bond acceptors (Lipinski definition) is 2. The van der Waals surface area contributed by atoms with Crippen molar-refractivity contribution in [2.24, 2.45) is 0 Å². The molecule has 2 saturated heterocycles. The maximum absolute atomic E-state index is 5.50. The SMILES string of the molecule is Cl.c1ccc(C2CCOCC2)c(C2CCNCC2)c1. The normalized spacial score (nSPS) is 21.9. The molecular formula is C16H24ClNO. The molecule has 0 aliphatic carbocycles. The van der Waals surface area contributed by atoms with E-state index in [-0.39, 0.29) is 12.4 Å². The number of rotatable bonds is 2. The van der Waals surface area contributed by atoms with Crippen molar-refractivity contribution < 1.29 is 4.74 Å². The van der Waals surface area contributed by atoms with Crippen molar-refractivity contribution in [1.29, 1.82) is 0 Å². The molecule has 3 heteroatoms. The predicted molar refractivity (Wildman–Crippen MR) is 81.3 cm³/mol. The van der Waals surface area contributed by atoms with E-state index in [2.05, 4.69) is 29.6 Å². The fraction of sp³-hybridized carbons (Fsp3) is 0.625. The fourth-order valence-corrected chi connectivity index (χ4v) is 3.40. The van der Waals surface area contributed by atoms with E-state index in [1.807, 2.05) is 0 Å². The summed E-state index contributed by atoms with van der Waals surface area (Å²) >= 11 is 0. The van der Waals surface area contributed by atoms with Gasteiger partial charge in [-0.2, -0.15) is 0 Å². The minimum atomic E-state index is 0. The molecule has 1 N–H and O–H groups in total. The summed E-state index contributed by atoms with van der Waals surface area (Å²) in [4.78, 5) is 0. The van der Waals surface area contributed by atoms with Crippen molar-refractivity contribution in [3.05, 3.63) is 35.4 Å². The zero-order valence-electron chi connectivity index (χ0n) is 11.4. The molecular weight excluding hydrogens is 258 g/mol. The van der Waals surface area contributed by atoms with Gasteiger partial charge in [-0.3, -0.25) is 0 Å². The van der Waals surface area contributed by atoms with E-state index in [1.54, 1.807) is 11.1 Å². The second kappa shape index (κ2) is 7.28. The number of benzene rings is 1. The molecule has 19 heavy (non-hydrogen) atoms. The lowest BCUT2D eigenvalue weighted by molar-refractivity contribution is 0.0850. The van der Waals surface area contributed by atoms with Crippen LogP contribution in [0.5, 0.6) is 0 Å². The van der Waals surface area contributed by atoms with Crippen LogP contribution in [0.1, 0.15) is 48.6 Å². The average Bonchev–Trinajstić information content (AvgIpc) is 2.49. The first kappa shape index (κ1) is 14.8. The fourth-order valence-electron chi connectivity index (χ4n) is 3.40. The number of halogens is 1. The Morgan fingerprint density at radius 2 is 1.37 bits per heavy atom. The maximum Gasteiger partial charge on any atom is 0.0471 e. The second-order valence-electron chi connectivity index (χ2n) is 5.54. The molecule has 0 amide bonds. The summed E-state index contributed by atoms with van der Waals surface area (Å²) in [6, 6.07) is 9.13. The summed E-state index contributed by atoms with van der Waals surface area (Å²) in [6.45, 7) is 4.22. The Morgan fingerprint density at radius 3 is 1.95 bits per heavy atom. The molecule has 0 bridgehead atoms. The topological polar surface area (TPSA) is 21.3 Å². The van der Waals surface area contributed by atoms with Crippen LogP contribution in [-0.4, -0.2) is 26.3 Å². The van der Waals surface area contributed by atoms with E-state index >= 15 is 0 Å². The molecule has 2 nitrogen and oxygen atoms in total. The van der Waals surface area contributed by atoms with Crippen molar-refractivity contribution in [3.8, 4) is 0 Å². The highest BCUT2D eigenvalue weighted by molar-refractivity contribution is 5.85. The highest BCUT2D eigenvalue weighted by Gasteiger charge is 2.23. The molecule has 0 atom stereocenters. The lowest BCUT2D eigenvalue weighted by Crippen LogP contribution is -2.27. The lowest BCUT2D eigenvalue weighted by Gasteiger charge is -2.29. The van der Waals surface area contributed by atoms with Gasteiger partial charge in [0, 0.05) is 13.2 Å². The molecule has 106 valence electrons.